The van der Waals surface area contributed by atoms with Gasteiger partial charge in [-0.25, -0.2) is 0 Å². The number of aryl methyl sites for hydroxylation is 1. The molecular formula is C12H18N4O. The molecule has 0 atom stereocenters. The van der Waals surface area contributed by atoms with Gasteiger partial charge in [-0.1, -0.05) is 13.8 Å². The van der Waals surface area contributed by atoms with Crippen molar-refractivity contribution in [3.63, 3.8) is 0 Å². The van der Waals surface area contributed by atoms with Gasteiger partial charge in [-0.05, 0) is 25.5 Å². The molecule has 0 fully saturated rings. The molecule has 1 aromatic heterocycles. The molecule has 1 rings (SSSR count). The zero-order valence-corrected chi connectivity index (χ0v) is 10.6. The number of nitrogens with zero attached hydrogens (tertiary/aromatic N) is 3. The highest BCUT2D eigenvalue weighted by Crippen LogP contribution is 2.21. The lowest BCUT2D eigenvalue weighted by Crippen LogP contribution is -2.17. The molecule has 0 aliphatic rings. The Morgan fingerprint density at radius 3 is 2.59 bits per heavy atom. The van der Waals surface area contributed by atoms with Crippen LogP contribution in [-0.2, 0) is 12.8 Å². The zero-order valence-electron chi connectivity index (χ0n) is 10.6. The fourth-order valence-corrected chi connectivity index (χ4v) is 1.62. The largest absolute Gasteiger partial charge is 0.474 e. The molecule has 0 spiro atoms. The van der Waals surface area contributed by atoms with E-state index in [0.717, 1.165) is 24.1 Å². The Morgan fingerprint density at radius 1 is 1.29 bits per heavy atom. The summed E-state index contributed by atoms with van der Waals surface area (Å²) < 4.78 is 5.45. The summed E-state index contributed by atoms with van der Waals surface area (Å²) in [5.41, 5.74) is 2.35. The average molecular weight is 234 g/mol. The number of hydrogen-bond donors (Lipinski definition) is 1. The highest BCUT2D eigenvalue weighted by atomic mass is 16.5. The Kier molecular flexibility index (Phi) is 5.37. The molecule has 0 saturated heterocycles. The molecule has 1 N–H and O–H groups in total. The molecule has 0 aliphatic carbocycles. The van der Waals surface area contributed by atoms with Crippen molar-refractivity contribution in [1.82, 2.24) is 15.5 Å². The molecular weight excluding hydrogens is 216 g/mol. The highest BCUT2D eigenvalue weighted by Gasteiger charge is 2.14. The van der Waals surface area contributed by atoms with E-state index in [4.69, 9.17) is 4.74 Å². The second-order valence-corrected chi connectivity index (χ2v) is 3.58. The lowest BCUT2D eigenvalue weighted by Gasteiger charge is -2.11. The summed E-state index contributed by atoms with van der Waals surface area (Å²) in [6.07, 6.45) is 1.55. The van der Waals surface area contributed by atoms with Crippen LogP contribution in [0.4, 0.5) is 0 Å². The second kappa shape index (κ2) is 6.81. The number of aromatic nitrogens is 2. The summed E-state index contributed by atoms with van der Waals surface area (Å²) in [7, 11) is 1.85. The van der Waals surface area contributed by atoms with Crippen LogP contribution >= 0.6 is 0 Å². The van der Waals surface area contributed by atoms with Crippen LogP contribution in [0, 0.1) is 11.3 Å². The van der Waals surface area contributed by atoms with Gasteiger partial charge in [0.2, 0.25) is 0 Å². The molecule has 0 aromatic carbocycles. The molecule has 0 saturated carbocycles. The van der Waals surface area contributed by atoms with E-state index in [1.54, 1.807) is 0 Å². The summed E-state index contributed by atoms with van der Waals surface area (Å²) >= 11 is 0. The van der Waals surface area contributed by atoms with Gasteiger partial charge in [0.05, 0.1) is 5.69 Å². The van der Waals surface area contributed by atoms with Crippen molar-refractivity contribution in [3.8, 4) is 11.9 Å². The van der Waals surface area contributed by atoms with E-state index < -0.39 is 0 Å². The van der Waals surface area contributed by atoms with Crippen LogP contribution in [0.2, 0.25) is 0 Å². The molecule has 0 aliphatic heterocycles. The maximum atomic E-state index is 9.19. The van der Waals surface area contributed by atoms with Gasteiger partial charge in [0.1, 0.15) is 18.2 Å². The van der Waals surface area contributed by atoms with Crippen LogP contribution in [0.5, 0.6) is 5.88 Å². The van der Waals surface area contributed by atoms with E-state index in [-0.39, 0.29) is 0 Å². The fraction of sp³-hybridized carbons (Fsp3) is 0.583. The third-order valence-electron chi connectivity index (χ3n) is 2.52. The zero-order chi connectivity index (χ0) is 12.7. The van der Waals surface area contributed by atoms with Crippen LogP contribution in [0.1, 0.15) is 30.7 Å². The maximum Gasteiger partial charge on any atom is 0.251 e. The number of ether oxygens (including phenoxy) is 1. The molecule has 5 nitrogen and oxygen atoms in total. The Hall–Kier alpha value is -1.67. The summed E-state index contributed by atoms with van der Waals surface area (Å²) in [6.45, 7) is 5.21. The molecule has 1 heterocycles. The predicted octanol–water partition coefficient (Wildman–Crippen LogP) is 1.07. The third-order valence-corrected chi connectivity index (χ3v) is 2.52. The summed E-state index contributed by atoms with van der Waals surface area (Å²) in [6, 6.07) is 2.17. The van der Waals surface area contributed by atoms with Gasteiger partial charge in [0, 0.05) is 6.54 Å². The van der Waals surface area contributed by atoms with E-state index in [0.29, 0.717) is 24.6 Å². The number of nitrogens with one attached hydrogen (secondary N) is 1. The topological polar surface area (TPSA) is 70.8 Å². The lowest BCUT2D eigenvalue weighted by atomic mass is 10.0. The quantitative estimate of drug-likeness (QED) is 0.745. The molecule has 5 heteroatoms. The minimum absolute atomic E-state index is 0.344. The number of rotatable bonds is 6. The van der Waals surface area contributed by atoms with Crippen molar-refractivity contribution in [3.05, 3.63) is 16.8 Å². The smallest absolute Gasteiger partial charge is 0.251 e. The first kappa shape index (κ1) is 13.4. The molecule has 0 bridgehead atoms. The van der Waals surface area contributed by atoms with Crippen LogP contribution in [0.15, 0.2) is 0 Å². The van der Waals surface area contributed by atoms with Crippen molar-refractivity contribution in [1.29, 1.82) is 5.26 Å². The van der Waals surface area contributed by atoms with Crippen molar-refractivity contribution < 1.29 is 4.74 Å². The van der Waals surface area contributed by atoms with E-state index in [1.807, 2.05) is 20.9 Å². The number of hydrogen-bond acceptors (Lipinski definition) is 5. The van der Waals surface area contributed by atoms with Gasteiger partial charge in [-0.15, -0.1) is 5.10 Å². The van der Waals surface area contributed by atoms with Crippen molar-refractivity contribution in [2.24, 2.45) is 0 Å². The minimum Gasteiger partial charge on any atom is -0.474 e. The lowest BCUT2D eigenvalue weighted by molar-refractivity contribution is 0.301. The second-order valence-electron chi connectivity index (χ2n) is 3.58. The van der Waals surface area contributed by atoms with Crippen molar-refractivity contribution in [2.75, 3.05) is 20.2 Å². The number of nitriles is 1. The predicted molar refractivity (Wildman–Crippen MR) is 64.9 cm³/mol. The van der Waals surface area contributed by atoms with Crippen LogP contribution < -0.4 is 10.1 Å². The molecule has 0 amide bonds. The SMILES string of the molecule is CCc1nnc(OCCNC)c(C#N)c1CC. The Morgan fingerprint density at radius 2 is 2.06 bits per heavy atom. The van der Waals surface area contributed by atoms with Crippen molar-refractivity contribution >= 4 is 0 Å². The van der Waals surface area contributed by atoms with E-state index >= 15 is 0 Å². The van der Waals surface area contributed by atoms with Crippen LogP contribution in [-0.4, -0.2) is 30.4 Å². The highest BCUT2D eigenvalue weighted by molar-refractivity contribution is 5.46. The van der Waals surface area contributed by atoms with Crippen molar-refractivity contribution in [2.45, 2.75) is 26.7 Å². The Bertz CT molecular complexity index is 412. The van der Waals surface area contributed by atoms with E-state index in [2.05, 4.69) is 21.6 Å². The van der Waals surface area contributed by atoms with Gasteiger partial charge in [0.15, 0.2) is 0 Å². The van der Waals surface area contributed by atoms with Gasteiger partial charge in [0.25, 0.3) is 5.88 Å². The van der Waals surface area contributed by atoms with E-state index in [1.165, 1.54) is 0 Å². The summed E-state index contributed by atoms with van der Waals surface area (Å²) in [5, 5.41) is 20.3. The Balaban J connectivity index is 3.02. The first-order valence-electron chi connectivity index (χ1n) is 5.84. The van der Waals surface area contributed by atoms with Crippen LogP contribution in [0.25, 0.3) is 0 Å². The fourth-order valence-electron chi connectivity index (χ4n) is 1.62. The average Bonchev–Trinajstić information content (AvgIpc) is 2.38. The van der Waals surface area contributed by atoms with Gasteiger partial charge in [-0.3, -0.25) is 0 Å². The Labute approximate surface area is 102 Å². The van der Waals surface area contributed by atoms with Crippen LogP contribution in [0.3, 0.4) is 0 Å². The molecule has 1 aromatic rings. The first-order valence-corrected chi connectivity index (χ1v) is 5.84. The van der Waals surface area contributed by atoms with Gasteiger partial charge in [-0.2, -0.15) is 10.4 Å². The molecule has 0 unspecified atom stereocenters. The maximum absolute atomic E-state index is 9.19. The monoisotopic (exact) mass is 234 g/mol. The molecule has 0 radical (unpaired) electrons. The normalized spacial score (nSPS) is 10.0. The summed E-state index contributed by atoms with van der Waals surface area (Å²) in [4.78, 5) is 0. The summed E-state index contributed by atoms with van der Waals surface area (Å²) in [5.74, 6) is 0.344. The number of likely N-dealkylation sites (N-methyl/N-ethyl adjacent to an activating group) is 1. The molecule has 17 heavy (non-hydrogen) atoms. The molecule has 92 valence electrons. The third kappa shape index (κ3) is 3.14. The first-order chi connectivity index (χ1) is 8.28. The van der Waals surface area contributed by atoms with Gasteiger partial charge < -0.3 is 10.1 Å². The minimum atomic E-state index is 0.344. The van der Waals surface area contributed by atoms with Gasteiger partial charge >= 0.3 is 0 Å². The standard InChI is InChI=1S/C12H18N4O/c1-4-9-10(8-13)12(17-7-6-14-3)16-15-11(9)5-2/h14H,4-7H2,1-3H3. The van der Waals surface area contributed by atoms with E-state index in [9.17, 15) is 5.26 Å².